The molecule has 0 fully saturated rings. The highest BCUT2D eigenvalue weighted by atomic mass is 16.4. The van der Waals surface area contributed by atoms with Gasteiger partial charge in [0.15, 0.2) is 5.84 Å². The van der Waals surface area contributed by atoms with Gasteiger partial charge in [0, 0.05) is 24.8 Å². The minimum absolute atomic E-state index is 0.0886. The molecule has 110 valence electrons. The van der Waals surface area contributed by atoms with E-state index in [1.165, 1.54) is 11.1 Å². The quantitative estimate of drug-likeness (QED) is 0.391. The fraction of sp³-hybridized carbons (Fsp3) is 0.250. The van der Waals surface area contributed by atoms with Gasteiger partial charge in [-0.2, -0.15) is 0 Å². The molecule has 0 bridgehead atoms. The number of anilines is 1. The van der Waals surface area contributed by atoms with Crippen molar-refractivity contribution in [3.63, 3.8) is 0 Å². The molecule has 0 aliphatic carbocycles. The smallest absolute Gasteiger partial charge is 0.170 e. The highest BCUT2D eigenvalue weighted by molar-refractivity contribution is 5.97. The largest absolute Gasteiger partial charge is 0.409 e. The lowest BCUT2D eigenvalue weighted by atomic mass is 10.1. The number of aromatic nitrogens is 1. The number of benzene rings is 1. The molecular weight excluding hydrogens is 264 g/mol. The first-order valence-electron chi connectivity index (χ1n) is 6.73. The predicted octanol–water partition coefficient (Wildman–Crippen LogP) is 2.43. The first-order valence-corrected chi connectivity index (χ1v) is 6.73. The van der Waals surface area contributed by atoms with Crippen LogP contribution in [0.3, 0.4) is 0 Å². The second kappa shape index (κ2) is 6.26. The van der Waals surface area contributed by atoms with Crippen LogP contribution in [0.15, 0.2) is 41.6 Å². The SMILES string of the molecule is Cc1cccc(CN(C)c2cc(/C(N)=N/O)cc(C)n2)c1. The summed E-state index contributed by atoms with van der Waals surface area (Å²) in [7, 11) is 1.97. The number of aryl methyl sites for hydroxylation is 2. The van der Waals surface area contributed by atoms with Crippen molar-refractivity contribution in [2.75, 3.05) is 11.9 Å². The number of nitrogens with zero attached hydrogens (tertiary/aromatic N) is 3. The fourth-order valence-electron chi connectivity index (χ4n) is 2.22. The van der Waals surface area contributed by atoms with Gasteiger partial charge < -0.3 is 15.8 Å². The minimum atomic E-state index is 0.0886. The second-order valence-electron chi connectivity index (χ2n) is 5.19. The molecule has 0 saturated carbocycles. The van der Waals surface area contributed by atoms with Crippen molar-refractivity contribution in [3.8, 4) is 0 Å². The van der Waals surface area contributed by atoms with E-state index < -0.39 is 0 Å². The number of hydrogen-bond acceptors (Lipinski definition) is 4. The molecule has 5 heteroatoms. The zero-order valence-electron chi connectivity index (χ0n) is 12.5. The van der Waals surface area contributed by atoms with Gasteiger partial charge in [-0.05, 0) is 31.5 Å². The number of hydrogen-bond donors (Lipinski definition) is 2. The normalized spacial score (nSPS) is 11.5. The Morgan fingerprint density at radius 1 is 1.29 bits per heavy atom. The summed E-state index contributed by atoms with van der Waals surface area (Å²) in [5.41, 5.74) is 9.59. The number of amidine groups is 1. The van der Waals surface area contributed by atoms with Gasteiger partial charge in [-0.25, -0.2) is 4.98 Å². The molecule has 0 radical (unpaired) electrons. The molecule has 1 heterocycles. The maximum Gasteiger partial charge on any atom is 0.170 e. The minimum Gasteiger partial charge on any atom is -0.409 e. The molecule has 3 N–H and O–H groups in total. The third-order valence-corrected chi connectivity index (χ3v) is 3.24. The molecule has 5 nitrogen and oxygen atoms in total. The van der Waals surface area contributed by atoms with Gasteiger partial charge in [0.05, 0.1) is 0 Å². The first-order chi connectivity index (χ1) is 9.99. The summed E-state index contributed by atoms with van der Waals surface area (Å²) in [6.07, 6.45) is 0. The predicted molar refractivity (Wildman–Crippen MR) is 84.8 cm³/mol. The van der Waals surface area contributed by atoms with E-state index in [4.69, 9.17) is 10.9 Å². The van der Waals surface area contributed by atoms with E-state index in [2.05, 4.69) is 35.3 Å². The summed E-state index contributed by atoms with van der Waals surface area (Å²) in [6, 6.07) is 12.0. The maximum absolute atomic E-state index is 8.80. The molecule has 1 aromatic carbocycles. The first kappa shape index (κ1) is 14.8. The molecule has 21 heavy (non-hydrogen) atoms. The molecule has 1 aromatic heterocycles. The van der Waals surface area contributed by atoms with Crippen LogP contribution in [-0.2, 0) is 6.54 Å². The Morgan fingerprint density at radius 2 is 2.05 bits per heavy atom. The molecule has 0 unspecified atom stereocenters. The lowest BCUT2D eigenvalue weighted by Crippen LogP contribution is -2.20. The highest BCUT2D eigenvalue weighted by Crippen LogP contribution is 2.16. The van der Waals surface area contributed by atoms with E-state index in [1.54, 1.807) is 6.07 Å². The van der Waals surface area contributed by atoms with Crippen LogP contribution in [0.5, 0.6) is 0 Å². The topological polar surface area (TPSA) is 74.7 Å². The summed E-state index contributed by atoms with van der Waals surface area (Å²) in [6.45, 7) is 4.71. The monoisotopic (exact) mass is 284 g/mol. The van der Waals surface area contributed by atoms with Gasteiger partial charge in [-0.15, -0.1) is 0 Å². The van der Waals surface area contributed by atoms with Crippen LogP contribution in [0.4, 0.5) is 5.82 Å². The van der Waals surface area contributed by atoms with Gasteiger partial charge in [0.2, 0.25) is 0 Å². The second-order valence-corrected chi connectivity index (χ2v) is 5.19. The lowest BCUT2D eigenvalue weighted by Gasteiger charge is -2.19. The Hall–Kier alpha value is -2.56. The van der Waals surface area contributed by atoms with E-state index in [0.717, 1.165) is 18.1 Å². The van der Waals surface area contributed by atoms with Gasteiger partial charge in [0.1, 0.15) is 5.82 Å². The lowest BCUT2D eigenvalue weighted by molar-refractivity contribution is 0.318. The molecule has 0 aliphatic rings. The van der Waals surface area contributed by atoms with Crippen molar-refractivity contribution >= 4 is 11.7 Å². The number of nitrogens with two attached hydrogens (primary N) is 1. The van der Waals surface area contributed by atoms with E-state index in [1.807, 2.05) is 31.0 Å². The Kier molecular flexibility index (Phi) is 4.42. The summed E-state index contributed by atoms with van der Waals surface area (Å²) in [5, 5.41) is 11.8. The van der Waals surface area contributed by atoms with Crippen LogP contribution < -0.4 is 10.6 Å². The average molecular weight is 284 g/mol. The third kappa shape index (κ3) is 3.72. The van der Waals surface area contributed by atoms with Crippen LogP contribution in [0.25, 0.3) is 0 Å². The summed E-state index contributed by atoms with van der Waals surface area (Å²) in [5.74, 6) is 0.879. The molecule has 0 spiro atoms. The molecule has 2 rings (SSSR count). The van der Waals surface area contributed by atoms with Gasteiger partial charge in [-0.3, -0.25) is 0 Å². The summed E-state index contributed by atoms with van der Waals surface area (Å²) < 4.78 is 0. The molecule has 2 aromatic rings. The fourth-order valence-corrected chi connectivity index (χ4v) is 2.22. The van der Waals surface area contributed by atoms with Gasteiger partial charge >= 0.3 is 0 Å². The molecular formula is C16H20N4O. The number of rotatable bonds is 4. The Balaban J connectivity index is 2.26. The Morgan fingerprint density at radius 3 is 2.71 bits per heavy atom. The molecule has 0 amide bonds. The Labute approximate surface area is 124 Å². The Bertz CT molecular complexity index is 667. The van der Waals surface area contributed by atoms with E-state index >= 15 is 0 Å². The third-order valence-electron chi connectivity index (χ3n) is 3.24. The number of pyridine rings is 1. The zero-order chi connectivity index (χ0) is 15.4. The van der Waals surface area contributed by atoms with Crippen LogP contribution in [0.2, 0.25) is 0 Å². The average Bonchev–Trinajstić information content (AvgIpc) is 2.45. The molecule has 0 saturated heterocycles. The van der Waals surface area contributed by atoms with Crippen molar-refractivity contribution in [2.45, 2.75) is 20.4 Å². The van der Waals surface area contributed by atoms with Crippen molar-refractivity contribution in [3.05, 3.63) is 58.8 Å². The van der Waals surface area contributed by atoms with E-state index in [-0.39, 0.29) is 5.84 Å². The van der Waals surface area contributed by atoms with Crippen molar-refractivity contribution in [2.24, 2.45) is 10.9 Å². The summed E-state index contributed by atoms with van der Waals surface area (Å²) in [4.78, 5) is 6.54. The van der Waals surface area contributed by atoms with E-state index in [0.29, 0.717) is 5.56 Å². The standard InChI is InChI=1S/C16H20N4O/c1-11-5-4-6-13(7-11)10-20(3)15-9-14(16(17)19-21)8-12(2)18-15/h4-9,21H,10H2,1-3H3,(H2,17,19). The van der Waals surface area contributed by atoms with Crippen molar-refractivity contribution in [1.29, 1.82) is 0 Å². The van der Waals surface area contributed by atoms with Crippen LogP contribution in [0, 0.1) is 13.8 Å². The number of oxime groups is 1. The summed E-state index contributed by atoms with van der Waals surface area (Å²) >= 11 is 0. The molecule has 0 aliphatic heterocycles. The van der Waals surface area contributed by atoms with Crippen molar-refractivity contribution in [1.82, 2.24) is 4.98 Å². The molecule has 0 atom stereocenters. The zero-order valence-corrected chi connectivity index (χ0v) is 12.5. The maximum atomic E-state index is 8.80. The highest BCUT2D eigenvalue weighted by Gasteiger charge is 2.09. The van der Waals surface area contributed by atoms with Gasteiger partial charge in [-0.1, -0.05) is 35.0 Å². The van der Waals surface area contributed by atoms with Crippen LogP contribution in [-0.4, -0.2) is 23.1 Å². The van der Waals surface area contributed by atoms with Gasteiger partial charge in [0.25, 0.3) is 0 Å². The van der Waals surface area contributed by atoms with Crippen molar-refractivity contribution < 1.29 is 5.21 Å². The van der Waals surface area contributed by atoms with Crippen LogP contribution in [0.1, 0.15) is 22.4 Å². The van der Waals surface area contributed by atoms with E-state index in [9.17, 15) is 0 Å². The van der Waals surface area contributed by atoms with Crippen LogP contribution >= 0.6 is 0 Å².